The van der Waals surface area contributed by atoms with Gasteiger partial charge in [0.05, 0.1) is 17.6 Å². The van der Waals surface area contributed by atoms with Crippen LogP contribution in [0.15, 0.2) is 60.0 Å². The topological polar surface area (TPSA) is 55.8 Å². The van der Waals surface area contributed by atoms with Crippen molar-refractivity contribution in [3.05, 3.63) is 74.7 Å². The number of hydrogen-bond donors (Lipinski definition) is 0. The molecule has 0 unspecified atom stereocenters. The molecule has 2 aromatic carbocycles. The molecule has 2 aromatic rings. The van der Waals surface area contributed by atoms with Gasteiger partial charge in [0.25, 0.3) is 5.91 Å². The van der Waals surface area contributed by atoms with Crippen LogP contribution in [0, 0.1) is 3.57 Å². The number of thioether (sulfide) groups is 1. The molecule has 0 spiro atoms. The largest absolute Gasteiger partial charge is 0.493 e. The number of hydrogen-bond acceptors (Lipinski definition) is 6. The van der Waals surface area contributed by atoms with Gasteiger partial charge in [0, 0.05) is 10.1 Å². The molecule has 29 heavy (non-hydrogen) atoms. The van der Waals surface area contributed by atoms with Crippen LogP contribution in [0.1, 0.15) is 15.9 Å². The Labute approximate surface area is 191 Å². The number of rotatable bonds is 6. The monoisotopic (exact) mass is 537 g/mol. The summed E-state index contributed by atoms with van der Waals surface area (Å²) in [5.41, 5.74) is 1.21. The summed E-state index contributed by atoms with van der Waals surface area (Å²) in [6, 6.07) is 12.3. The van der Waals surface area contributed by atoms with Crippen LogP contribution in [0.2, 0.25) is 0 Å². The van der Waals surface area contributed by atoms with Crippen LogP contribution in [0.3, 0.4) is 0 Å². The first-order valence-electron chi connectivity index (χ1n) is 8.45. The zero-order valence-corrected chi connectivity index (χ0v) is 19.2. The zero-order valence-electron chi connectivity index (χ0n) is 15.4. The molecule has 8 heteroatoms. The number of ether oxygens (including phenoxy) is 2. The molecule has 0 atom stereocenters. The van der Waals surface area contributed by atoms with E-state index in [1.807, 2.05) is 12.1 Å². The Morgan fingerprint density at radius 2 is 2.03 bits per heavy atom. The lowest BCUT2D eigenvalue weighted by molar-refractivity contribution is -0.121. The van der Waals surface area contributed by atoms with Crippen molar-refractivity contribution in [1.82, 2.24) is 4.90 Å². The summed E-state index contributed by atoms with van der Waals surface area (Å²) in [5, 5.41) is 0. The second kappa shape index (κ2) is 9.55. The van der Waals surface area contributed by atoms with Gasteiger partial charge >= 0.3 is 5.97 Å². The summed E-state index contributed by atoms with van der Waals surface area (Å²) in [6.45, 7) is 4.02. The van der Waals surface area contributed by atoms with E-state index in [1.54, 1.807) is 42.5 Å². The molecule has 1 aliphatic rings. The van der Waals surface area contributed by atoms with Gasteiger partial charge in [0.15, 0.2) is 11.5 Å². The number of esters is 1. The standard InChI is InChI=1S/C21H16INO4S2/c1-3-10-23-19(24)18(29-21(23)28)12-13-8-9-16(17(11-13)26-2)27-20(25)14-6-4-5-7-15(14)22/h3-9,11-12H,1,10H2,2H3/b18-12-. The number of carbonyl (C=O) groups is 2. The van der Waals surface area contributed by atoms with Crippen LogP contribution < -0.4 is 9.47 Å². The molecular formula is C21H16INO4S2. The number of benzene rings is 2. The quantitative estimate of drug-likeness (QED) is 0.131. The highest BCUT2D eigenvalue weighted by Gasteiger charge is 2.31. The van der Waals surface area contributed by atoms with Crippen molar-refractivity contribution in [3.8, 4) is 11.5 Å². The van der Waals surface area contributed by atoms with Gasteiger partial charge in [-0.1, -0.05) is 48.3 Å². The maximum absolute atomic E-state index is 12.5. The van der Waals surface area contributed by atoms with Gasteiger partial charge in [-0.2, -0.15) is 0 Å². The molecule has 0 aromatic heterocycles. The summed E-state index contributed by atoms with van der Waals surface area (Å²) in [6.07, 6.45) is 3.37. The Hall–Kier alpha value is -2.17. The van der Waals surface area contributed by atoms with E-state index in [0.29, 0.717) is 32.8 Å². The molecular weight excluding hydrogens is 521 g/mol. The molecule has 3 rings (SSSR count). The summed E-state index contributed by atoms with van der Waals surface area (Å²) in [4.78, 5) is 26.9. The van der Waals surface area contributed by atoms with Crippen molar-refractivity contribution >= 4 is 68.8 Å². The van der Waals surface area contributed by atoms with E-state index in [-0.39, 0.29) is 5.91 Å². The van der Waals surface area contributed by atoms with Gasteiger partial charge in [-0.05, 0) is 58.5 Å². The minimum Gasteiger partial charge on any atom is -0.493 e. The highest BCUT2D eigenvalue weighted by molar-refractivity contribution is 14.1. The summed E-state index contributed by atoms with van der Waals surface area (Å²) in [5.74, 6) is 0.0625. The summed E-state index contributed by atoms with van der Waals surface area (Å²) < 4.78 is 12.2. The Balaban J connectivity index is 1.83. The maximum Gasteiger partial charge on any atom is 0.344 e. The summed E-state index contributed by atoms with van der Waals surface area (Å²) in [7, 11) is 1.49. The lowest BCUT2D eigenvalue weighted by atomic mass is 10.1. The molecule has 1 fully saturated rings. The van der Waals surface area contributed by atoms with Crippen LogP contribution in [0.4, 0.5) is 0 Å². The van der Waals surface area contributed by atoms with Crippen molar-refractivity contribution in [2.24, 2.45) is 0 Å². The van der Waals surface area contributed by atoms with Crippen LogP contribution in [-0.2, 0) is 4.79 Å². The predicted octanol–water partition coefficient (Wildman–Crippen LogP) is 4.91. The fourth-order valence-corrected chi connectivity index (χ4v) is 4.46. The average molecular weight is 537 g/mol. The Morgan fingerprint density at radius 3 is 2.72 bits per heavy atom. The van der Waals surface area contributed by atoms with Crippen LogP contribution in [0.5, 0.6) is 11.5 Å². The van der Waals surface area contributed by atoms with Gasteiger partial charge in [-0.25, -0.2) is 4.79 Å². The molecule has 1 saturated heterocycles. The predicted molar refractivity (Wildman–Crippen MR) is 127 cm³/mol. The molecule has 0 saturated carbocycles. The van der Waals surface area contributed by atoms with Gasteiger partial charge in [0.1, 0.15) is 4.32 Å². The fourth-order valence-electron chi connectivity index (χ4n) is 2.58. The lowest BCUT2D eigenvalue weighted by Gasteiger charge is -2.11. The molecule has 0 aliphatic carbocycles. The van der Waals surface area contributed by atoms with E-state index >= 15 is 0 Å². The SMILES string of the molecule is C=CCN1C(=O)/C(=C/c2ccc(OC(=O)c3ccccc3I)c(OC)c2)SC1=S. The molecule has 1 amide bonds. The summed E-state index contributed by atoms with van der Waals surface area (Å²) >= 11 is 8.57. The normalized spacial score (nSPS) is 15.0. The van der Waals surface area contributed by atoms with Gasteiger partial charge in [-0.15, -0.1) is 6.58 Å². The van der Waals surface area contributed by atoms with Gasteiger partial charge < -0.3 is 9.47 Å². The number of halogens is 1. The van der Waals surface area contributed by atoms with Crippen LogP contribution in [0.25, 0.3) is 6.08 Å². The first-order chi connectivity index (χ1) is 13.9. The Bertz CT molecular complexity index is 1040. The van der Waals surface area contributed by atoms with Crippen molar-refractivity contribution in [2.45, 2.75) is 0 Å². The second-order valence-corrected chi connectivity index (χ2v) is 8.70. The third-order valence-corrected chi connectivity index (χ3v) is 6.29. The lowest BCUT2D eigenvalue weighted by Crippen LogP contribution is -2.27. The maximum atomic E-state index is 12.5. The van der Waals surface area contributed by atoms with Crippen molar-refractivity contribution in [1.29, 1.82) is 0 Å². The van der Waals surface area contributed by atoms with E-state index in [9.17, 15) is 9.59 Å². The van der Waals surface area contributed by atoms with E-state index in [1.165, 1.54) is 23.8 Å². The number of amides is 1. The zero-order chi connectivity index (χ0) is 21.0. The first kappa shape index (κ1) is 21.5. The van der Waals surface area contributed by atoms with Gasteiger partial charge in [-0.3, -0.25) is 9.69 Å². The molecule has 1 aliphatic heterocycles. The highest BCUT2D eigenvalue weighted by Crippen LogP contribution is 2.35. The molecule has 1 heterocycles. The Morgan fingerprint density at radius 1 is 1.28 bits per heavy atom. The molecule has 0 N–H and O–H groups in total. The van der Waals surface area contributed by atoms with E-state index < -0.39 is 5.97 Å². The number of carbonyl (C=O) groups excluding carboxylic acids is 2. The van der Waals surface area contributed by atoms with Crippen molar-refractivity contribution < 1.29 is 19.1 Å². The third kappa shape index (κ3) is 4.88. The Kier molecular flexibility index (Phi) is 7.09. The molecule has 0 bridgehead atoms. The second-order valence-electron chi connectivity index (χ2n) is 5.86. The molecule has 5 nitrogen and oxygen atoms in total. The minimum absolute atomic E-state index is 0.159. The fraction of sp³-hybridized carbons (Fsp3) is 0.0952. The number of methoxy groups -OCH3 is 1. The minimum atomic E-state index is -0.466. The molecule has 0 radical (unpaired) electrons. The van der Waals surface area contributed by atoms with E-state index in [4.69, 9.17) is 21.7 Å². The van der Waals surface area contributed by atoms with Crippen LogP contribution >= 0.6 is 46.6 Å². The van der Waals surface area contributed by atoms with Crippen LogP contribution in [-0.4, -0.2) is 34.8 Å². The molecule has 148 valence electrons. The number of thiocarbonyl (C=S) groups is 1. The number of nitrogens with zero attached hydrogens (tertiary/aromatic N) is 1. The van der Waals surface area contributed by atoms with Gasteiger partial charge in [0.2, 0.25) is 0 Å². The first-order valence-corrected chi connectivity index (χ1v) is 10.8. The van der Waals surface area contributed by atoms with E-state index in [2.05, 4.69) is 29.2 Å². The smallest absolute Gasteiger partial charge is 0.344 e. The van der Waals surface area contributed by atoms with E-state index in [0.717, 1.165) is 9.13 Å². The third-order valence-electron chi connectivity index (χ3n) is 3.97. The average Bonchev–Trinajstić information content (AvgIpc) is 2.97. The van der Waals surface area contributed by atoms with Crippen molar-refractivity contribution in [2.75, 3.05) is 13.7 Å². The van der Waals surface area contributed by atoms with Crippen molar-refractivity contribution in [3.63, 3.8) is 0 Å². The highest BCUT2D eigenvalue weighted by atomic mass is 127.